The van der Waals surface area contributed by atoms with Gasteiger partial charge in [-0.1, -0.05) is 0 Å². The van der Waals surface area contributed by atoms with Gasteiger partial charge in [0.1, 0.15) is 62.6 Å². The maximum Gasteiger partial charge on any atom is 0.188 e. The minimum atomic E-state index is -1.65. The lowest BCUT2D eigenvalue weighted by atomic mass is 9.98. The van der Waals surface area contributed by atoms with Crippen molar-refractivity contribution in [3.8, 4) is 0 Å². The Bertz CT molecular complexity index is 472. The molecule has 0 radical (unpaired) electrons. The molecule has 0 aromatic rings. The van der Waals surface area contributed by atoms with E-state index < -0.39 is 74.6 Å². The fraction of sp³-hybridized carbons (Fsp3) is 1.00. The van der Waals surface area contributed by atoms with Crippen LogP contribution in [0.15, 0.2) is 0 Å². The molecule has 0 bridgehead atoms. The van der Waals surface area contributed by atoms with Gasteiger partial charge in [-0.25, -0.2) is 0 Å². The molecule has 11 unspecified atom stereocenters. The second-order valence-electron chi connectivity index (χ2n) is 6.62. The lowest BCUT2D eigenvalue weighted by Crippen LogP contribution is -3.13. The summed E-state index contributed by atoms with van der Waals surface area (Å²) in [6.45, 7) is -1.35. The molecule has 0 amide bonds. The molecule has 14 heteroatoms. The van der Waals surface area contributed by atoms with Crippen molar-refractivity contribution in [1.82, 2.24) is 5.43 Å². The molecule has 10 N–H and O–H groups in total. The Morgan fingerprint density at radius 3 is 1.82 bits per heavy atom. The highest BCUT2D eigenvalue weighted by atomic mass is 16.7. The summed E-state index contributed by atoms with van der Waals surface area (Å²) in [4.78, 5) is 0. The van der Waals surface area contributed by atoms with E-state index in [9.17, 15) is 30.6 Å². The van der Waals surface area contributed by atoms with E-state index in [0.29, 0.717) is 0 Å². The summed E-state index contributed by atoms with van der Waals surface area (Å²) < 4.78 is 21.0. The average molecular weight is 417 g/mol. The van der Waals surface area contributed by atoms with Crippen LogP contribution in [0.2, 0.25) is 0 Å². The Hall–Kier alpha value is -0.560. The van der Waals surface area contributed by atoms with Crippen molar-refractivity contribution in [2.75, 3.05) is 27.0 Å². The second kappa shape index (κ2) is 10.5. The van der Waals surface area contributed by atoms with Gasteiger partial charge in [-0.15, -0.1) is 10.6 Å². The molecule has 28 heavy (non-hydrogen) atoms. The van der Waals surface area contributed by atoms with Gasteiger partial charge in [-0.05, 0) is 0 Å². The fourth-order valence-electron chi connectivity index (χ4n) is 2.81. The van der Waals surface area contributed by atoms with Crippen molar-refractivity contribution in [2.45, 2.75) is 61.4 Å². The monoisotopic (exact) mass is 417 g/mol. The lowest BCUT2D eigenvalue weighted by molar-refractivity contribution is -1.11. The highest BCUT2D eigenvalue weighted by molar-refractivity contribution is 4.91. The van der Waals surface area contributed by atoms with E-state index in [1.54, 1.807) is 0 Å². The van der Waals surface area contributed by atoms with Crippen LogP contribution >= 0.6 is 0 Å². The van der Waals surface area contributed by atoms with Gasteiger partial charge in [0.2, 0.25) is 0 Å². The van der Waals surface area contributed by atoms with Gasteiger partial charge in [0, 0.05) is 0 Å². The second-order valence-corrected chi connectivity index (χ2v) is 6.62. The summed E-state index contributed by atoms with van der Waals surface area (Å²) in [6.07, 6.45) is -14.8. The summed E-state index contributed by atoms with van der Waals surface area (Å²) in [6, 6.07) is 0. The molecular formula is C14H29N2O12+. The van der Waals surface area contributed by atoms with Crippen LogP contribution in [-0.2, 0) is 18.9 Å². The number of hydrogen-bond donors (Lipinski definition) is 10. The van der Waals surface area contributed by atoms with Gasteiger partial charge in [-0.3, -0.25) is 0 Å². The quantitative estimate of drug-likeness (QED) is 0.131. The van der Waals surface area contributed by atoms with Crippen LogP contribution in [0.3, 0.4) is 0 Å². The summed E-state index contributed by atoms with van der Waals surface area (Å²) >= 11 is 0. The lowest BCUT2D eigenvalue weighted by Gasteiger charge is -2.42. The third-order valence-corrected chi connectivity index (χ3v) is 4.52. The molecular weight excluding hydrogens is 388 g/mol. The highest BCUT2D eigenvalue weighted by Crippen LogP contribution is 2.25. The number of hydroxylamine groups is 1. The van der Waals surface area contributed by atoms with E-state index in [4.69, 9.17) is 29.3 Å². The molecule has 166 valence electrons. The van der Waals surface area contributed by atoms with Crippen LogP contribution in [0.4, 0.5) is 0 Å². The summed E-state index contributed by atoms with van der Waals surface area (Å²) in [5.41, 5.74) is 2.42. The number of aliphatic hydroxyl groups is 7. The molecule has 2 heterocycles. The largest absolute Gasteiger partial charge is 0.394 e. The van der Waals surface area contributed by atoms with E-state index in [0.717, 1.165) is 0 Å². The molecule has 0 aromatic heterocycles. The predicted octanol–water partition coefficient (Wildman–Crippen LogP) is -7.01. The van der Waals surface area contributed by atoms with Crippen molar-refractivity contribution >= 4 is 0 Å². The van der Waals surface area contributed by atoms with E-state index in [1.807, 2.05) is 0 Å². The third kappa shape index (κ3) is 5.53. The first-order chi connectivity index (χ1) is 13.2. The first-order valence-electron chi connectivity index (χ1n) is 8.67. The standard InChI is InChI=1S/C14H28N2O12/c1-16(24)15-4-26-14-12(23)10(21)8(19)6(28-14)3-25-13-11(22)9(20)7(18)5(2-17)27-13/h5-15,17-24H,2-4H2,1H3/p+1. The maximum absolute atomic E-state index is 10.1. The Morgan fingerprint density at radius 2 is 1.29 bits per heavy atom. The van der Waals surface area contributed by atoms with Crippen LogP contribution in [0.25, 0.3) is 0 Å². The van der Waals surface area contributed by atoms with Crippen molar-refractivity contribution < 1.29 is 65.1 Å². The highest BCUT2D eigenvalue weighted by Gasteiger charge is 2.47. The van der Waals surface area contributed by atoms with Gasteiger partial charge in [-0.2, -0.15) is 5.21 Å². The number of aliphatic hydroxyl groups excluding tert-OH is 7. The van der Waals surface area contributed by atoms with Crippen LogP contribution in [0.1, 0.15) is 0 Å². The normalized spacial score (nSPS) is 45.8. The van der Waals surface area contributed by atoms with E-state index in [2.05, 4.69) is 5.43 Å². The minimum Gasteiger partial charge on any atom is -0.394 e. The van der Waals surface area contributed by atoms with E-state index in [1.165, 1.54) is 7.05 Å². The van der Waals surface area contributed by atoms with Crippen LogP contribution in [-0.4, -0.2) is 129 Å². The van der Waals surface area contributed by atoms with Gasteiger partial charge >= 0.3 is 0 Å². The molecule has 2 aliphatic rings. The molecule has 2 saturated heterocycles. The smallest absolute Gasteiger partial charge is 0.188 e. The average Bonchev–Trinajstić information content (AvgIpc) is 2.66. The SMILES string of the molecule is C[NH+](O)NCOC1OC(COC2OC(CO)C(O)C(O)C2O)C(O)C(O)C1O. The number of ether oxygens (including phenoxy) is 4. The molecule has 2 rings (SSSR count). The maximum atomic E-state index is 10.1. The Balaban J connectivity index is 1.93. The fourth-order valence-corrected chi connectivity index (χ4v) is 2.81. The van der Waals surface area contributed by atoms with Gasteiger partial charge in [0.05, 0.1) is 13.2 Å². The zero-order valence-corrected chi connectivity index (χ0v) is 15.1. The zero-order valence-electron chi connectivity index (χ0n) is 15.1. The molecule has 14 nitrogen and oxygen atoms in total. The van der Waals surface area contributed by atoms with Crippen LogP contribution in [0, 0.1) is 0 Å². The number of quaternary nitrogens is 1. The molecule has 0 spiro atoms. The zero-order chi connectivity index (χ0) is 21.0. The molecule has 0 aliphatic carbocycles. The Labute approximate surface area is 160 Å². The summed E-state index contributed by atoms with van der Waals surface area (Å²) in [5, 5.41) is 77.4. The Kier molecular flexibility index (Phi) is 8.86. The van der Waals surface area contributed by atoms with E-state index >= 15 is 0 Å². The summed E-state index contributed by atoms with van der Waals surface area (Å²) in [7, 11) is 1.36. The van der Waals surface area contributed by atoms with Gasteiger partial charge in [0.25, 0.3) is 0 Å². The van der Waals surface area contributed by atoms with Gasteiger partial charge in [0.15, 0.2) is 12.6 Å². The minimum absolute atomic E-state index is 0.145. The Morgan fingerprint density at radius 1 is 0.786 bits per heavy atom. The number of hydrogen-bond acceptors (Lipinski definition) is 13. The predicted molar refractivity (Wildman–Crippen MR) is 84.2 cm³/mol. The molecule has 0 saturated carbocycles. The first-order valence-corrected chi connectivity index (χ1v) is 8.67. The van der Waals surface area contributed by atoms with E-state index in [-0.39, 0.29) is 11.9 Å². The molecule has 2 fully saturated rings. The number of rotatable bonds is 8. The van der Waals surface area contributed by atoms with Crippen LogP contribution in [0.5, 0.6) is 0 Å². The topological polar surface area (TPSA) is 215 Å². The number of nitrogens with one attached hydrogen (secondary N) is 2. The van der Waals surface area contributed by atoms with Crippen LogP contribution < -0.4 is 10.6 Å². The third-order valence-electron chi connectivity index (χ3n) is 4.52. The first kappa shape index (κ1) is 23.7. The van der Waals surface area contributed by atoms with Crippen molar-refractivity contribution in [1.29, 1.82) is 0 Å². The van der Waals surface area contributed by atoms with Gasteiger partial charge < -0.3 is 54.7 Å². The summed E-state index contributed by atoms with van der Waals surface area (Å²) in [5.74, 6) is 0. The molecule has 0 aromatic carbocycles. The van der Waals surface area contributed by atoms with Crippen molar-refractivity contribution in [3.05, 3.63) is 0 Å². The molecule has 2 aliphatic heterocycles. The van der Waals surface area contributed by atoms with Crippen molar-refractivity contribution in [3.63, 3.8) is 0 Å². The molecule has 11 atom stereocenters. The van der Waals surface area contributed by atoms with Crippen molar-refractivity contribution in [2.24, 2.45) is 0 Å².